The lowest BCUT2D eigenvalue weighted by Crippen LogP contribution is -2.20. The quantitative estimate of drug-likeness (QED) is 0.0753. The highest BCUT2D eigenvalue weighted by molar-refractivity contribution is 8.34. The van der Waals surface area contributed by atoms with Crippen LogP contribution in [-0.4, -0.2) is 13.7 Å². The minimum absolute atomic E-state index is 0.259. The molecule has 0 atom stereocenters. The Balaban J connectivity index is 1.44. The van der Waals surface area contributed by atoms with E-state index < -0.39 is 0 Å². The molecule has 0 N–H and O–H groups in total. The number of allylic oxidation sites excluding steroid dienone is 51. The summed E-state index contributed by atoms with van der Waals surface area (Å²) >= 11 is 6.18. The number of rotatable bonds is 27. The maximum Gasteiger partial charge on any atom is 0.0740 e. The second-order valence-corrected chi connectivity index (χ2v) is 33.0. The van der Waals surface area contributed by atoms with Crippen molar-refractivity contribution in [2.45, 2.75) is 217 Å². The minimum atomic E-state index is 0.259. The van der Waals surface area contributed by atoms with Gasteiger partial charge < -0.3 is 0 Å². The monoisotopic (exact) mass is 1300 g/mol. The Hall–Kier alpha value is -5.97. The summed E-state index contributed by atoms with van der Waals surface area (Å²) in [6.45, 7) is 47.6. The van der Waals surface area contributed by atoms with Crippen molar-refractivity contribution in [2.24, 2.45) is 16.2 Å². The molecule has 0 aromatic carbocycles. The lowest BCUT2D eigenvalue weighted by atomic mass is 9.72. The first-order chi connectivity index (χ1) is 44.1. The molecule has 3 aliphatic carbocycles. The predicted molar refractivity (Wildman–Crippen MR) is 430 cm³/mol. The van der Waals surface area contributed by atoms with E-state index in [-0.39, 0.29) is 16.2 Å². The van der Waals surface area contributed by atoms with Gasteiger partial charge in [-0.05, 0) is 195 Å². The minimum Gasteiger partial charge on any atom is -0.124 e. The van der Waals surface area contributed by atoms with Crippen LogP contribution in [0.3, 0.4) is 0 Å². The summed E-state index contributed by atoms with van der Waals surface area (Å²) in [5, 5.41) is 0. The SMILES string of the molecule is CC1=C(/C=C/C(C)=C/C=C/C(C)=C/C=C/C=C(C)/C=C/C=C(\C)C2SC(/C(C)=C/C=C/C(C)=C/C=C/C=C(C)/C=C/C=C(C)/C=C/C3=C(C)CCCC3(C)C)SC(/C(C)=C/C=C/C(C)=C/C=C/C=C(C)/C=C/C=C(C)/C=C/C3=C(C)CCCC3(C)C)S2)C(C)(C)CCC1. The van der Waals surface area contributed by atoms with Gasteiger partial charge in [-0.3, -0.25) is 0 Å². The first-order valence-corrected chi connectivity index (χ1v) is 37.2. The normalized spacial score (nSPS) is 23.5. The third-order valence-electron chi connectivity index (χ3n) is 17.8. The van der Waals surface area contributed by atoms with Crippen molar-refractivity contribution < 1.29 is 0 Å². The van der Waals surface area contributed by atoms with Crippen molar-refractivity contribution in [1.82, 2.24) is 0 Å². The zero-order chi connectivity index (χ0) is 68.6. The van der Waals surface area contributed by atoms with Crippen molar-refractivity contribution >= 4 is 35.3 Å². The van der Waals surface area contributed by atoms with Crippen LogP contribution in [0, 0.1) is 16.2 Å². The molecule has 0 radical (unpaired) electrons. The molecule has 1 fully saturated rings. The van der Waals surface area contributed by atoms with Gasteiger partial charge in [0.1, 0.15) is 0 Å². The molecule has 0 bridgehead atoms. The van der Waals surface area contributed by atoms with Gasteiger partial charge in [0.05, 0.1) is 13.7 Å². The van der Waals surface area contributed by atoms with Gasteiger partial charge in [-0.25, -0.2) is 0 Å². The van der Waals surface area contributed by atoms with E-state index >= 15 is 0 Å². The van der Waals surface area contributed by atoms with Gasteiger partial charge in [0, 0.05) is 0 Å². The highest BCUT2D eigenvalue weighted by Crippen LogP contribution is 2.54. The predicted octanol–water partition coefficient (Wildman–Crippen LogP) is 28.8. The van der Waals surface area contributed by atoms with Crippen molar-refractivity contribution in [3.8, 4) is 0 Å². The molecule has 0 unspecified atom stereocenters. The molecule has 0 aromatic heterocycles. The van der Waals surface area contributed by atoms with E-state index in [1.165, 1.54) is 158 Å². The highest BCUT2D eigenvalue weighted by Gasteiger charge is 2.33. The van der Waals surface area contributed by atoms with E-state index in [4.69, 9.17) is 0 Å². The molecule has 1 heterocycles. The van der Waals surface area contributed by atoms with Crippen LogP contribution in [0.2, 0.25) is 0 Å². The molecule has 4 rings (SSSR count). The van der Waals surface area contributed by atoms with E-state index in [1.807, 2.05) is 0 Å². The summed E-state index contributed by atoms with van der Waals surface area (Å²) in [6, 6.07) is 0. The van der Waals surface area contributed by atoms with Gasteiger partial charge >= 0.3 is 0 Å². The Morgan fingerprint density at radius 1 is 0.269 bits per heavy atom. The van der Waals surface area contributed by atoms with Crippen LogP contribution in [0.1, 0.15) is 203 Å². The van der Waals surface area contributed by atoms with Crippen LogP contribution >= 0.6 is 35.3 Å². The molecule has 3 heteroatoms. The van der Waals surface area contributed by atoms with Crippen molar-refractivity contribution in [1.29, 1.82) is 0 Å². The first kappa shape index (κ1) is 79.5. The van der Waals surface area contributed by atoms with Crippen LogP contribution in [0.15, 0.2) is 319 Å². The molecular weight excluding hydrogens is 1180 g/mol. The van der Waals surface area contributed by atoms with E-state index in [2.05, 4.69) is 399 Å². The van der Waals surface area contributed by atoms with Crippen LogP contribution in [-0.2, 0) is 0 Å². The topological polar surface area (TPSA) is 0 Å². The van der Waals surface area contributed by atoms with Gasteiger partial charge in [0.25, 0.3) is 0 Å². The van der Waals surface area contributed by atoms with Crippen molar-refractivity contribution in [2.75, 3.05) is 0 Å². The number of hydrogen-bond acceptors (Lipinski definition) is 3. The molecule has 0 amide bonds. The summed E-state index contributed by atoms with van der Waals surface area (Å²) in [6.07, 6.45) is 90.9. The number of hydrogen-bond donors (Lipinski definition) is 0. The van der Waals surface area contributed by atoms with E-state index in [0.717, 1.165) is 0 Å². The molecule has 0 saturated carbocycles. The first-order valence-electron chi connectivity index (χ1n) is 34.3. The molecule has 498 valence electrons. The Kier molecular flexibility index (Phi) is 35.1. The molecule has 1 saturated heterocycles. The van der Waals surface area contributed by atoms with Gasteiger partial charge in [0.2, 0.25) is 0 Å². The lowest BCUT2D eigenvalue weighted by molar-refractivity contribution is 0.376. The third-order valence-corrected chi connectivity index (χ3v) is 23.5. The molecule has 0 spiro atoms. The lowest BCUT2D eigenvalue weighted by Gasteiger charge is -2.35. The van der Waals surface area contributed by atoms with Gasteiger partial charge in [0.15, 0.2) is 0 Å². The zero-order valence-corrected chi connectivity index (χ0v) is 64.1. The van der Waals surface area contributed by atoms with Gasteiger partial charge in [-0.2, -0.15) is 0 Å². The highest BCUT2D eigenvalue weighted by atomic mass is 32.3. The average Bonchev–Trinajstić information content (AvgIpc) is 1.02. The molecule has 1 aliphatic heterocycles. The maximum atomic E-state index is 2.38. The summed E-state index contributed by atoms with van der Waals surface area (Å²) in [5.41, 5.74) is 25.1. The second kappa shape index (κ2) is 41.1. The summed E-state index contributed by atoms with van der Waals surface area (Å²) in [7, 11) is 0. The van der Waals surface area contributed by atoms with Crippen LogP contribution < -0.4 is 0 Å². The molecule has 0 nitrogen and oxygen atoms in total. The second-order valence-electron chi connectivity index (χ2n) is 28.4. The Bertz CT molecular complexity index is 3070. The largest absolute Gasteiger partial charge is 0.124 e. The Morgan fingerprint density at radius 3 is 0.656 bits per heavy atom. The van der Waals surface area contributed by atoms with Crippen molar-refractivity contribution in [3.05, 3.63) is 319 Å². The average molecular weight is 1300 g/mol. The summed E-state index contributed by atoms with van der Waals surface area (Å²) < 4.78 is 0.926. The zero-order valence-electron chi connectivity index (χ0n) is 61.6. The van der Waals surface area contributed by atoms with Crippen molar-refractivity contribution in [3.63, 3.8) is 0 Å². The maximum absolute atomic E-state index is 2.38. The molecule has 93 heavy (non-hydrogen) atoms. The van der Waals surface area contributed by atoms with E-state index in [9.17, 15) is 0 Å². The summed E-state index contributed by atoms with van der Waals surface area (Å²) in [5.74, 6) is 0. The van der Waals surface area contributed by atoms with E-state index in [0.29, 0.717) is 13.7 Å². The van der Waals surface area contributed by atoms with Crippen LogP contribution in [0.5, 0.6) is 0 Å². The van der Waals surface area contributed by atoms with E-state index in [1.54, 1.807) is 0 Å². The standard InChI is InChI=1S/C90H120S3/c1-67(43-28-46-73(7)58-61-82-76(10)55-34-64-88(82,16)17)37-22-25-40-70(4)49-31-52-79(13)85-91-86(80(14)53-32-50-71(5)41-26-23-38-68(2)44-29-47-74(8)59-62-83-77(11)56-35-65-89(83,18)19)93-87(92-85)81(15)54-33-51-72(6)42-27-24-39-69(3)45-30-48-75(9)60-63-84-78(12)57-36-66-90(84,20)21/h22-33,37-54,58-63,85-87H,34-36,55-57,64-66H2,1-21H3/b25-22+,26-23+,27-24+,43-28+,44-29+,45-30+,49-31+,50-32+,51-33+,61-58+,62-59+,63-60+,67-37+,68-38+,69-39+,70-40+,71-41+,72-42+,73-46+,74-47+,75-48+,79-52+,80-53+,81-54+. The summed E-state index contributed by atoms with van der Waals surface area (Å²) in [4.78, 5) is 0. The third kappa shape index (κ3) is 30.5. The Labute approximate surface area is 583 Å². The fraction of sp³-hybridized carbons (Fsp3) is 0.400. The smallest absolute Gasteiger partial charge is 0.0740 e. The fourth-order valence-corrected chi connectivity index (χ4v) is 17.7. The fourth-order valence-electron chi connectivity index (χ4n) is 11.8. The molecule has 0 aromatic rings. The van der Waals surface area contributed by atoms with Gasteiger partial charge in [-0.15, -0.1) is 35.3 Å². The van der Waals surface area contributed by atoms with Crippen LogP contribution in [0.4, 0.5) is 0 Å². The van der Waals surface area contributed by atoms with Crippen LogP contribution in [0.25, 0.3) is 0 Å². The Morgan fingerprint density at radius 2 is 0.452 bits per heavy atom. The molecular formula is C90H120S3. The molecule has 4 aliphatic rings. The number of thioether (sulfide) groups is 3. The van der Waals surface area contributed by atoms with Gasteiger partial charge in [-0.1, -0.05) is 344 Å².